The van der Waals surface area contributed by atoms with E-state index in [2.05, 4.69) is 20.6 Å². The third-order valence-electron chi connectivity index (χ3n) is 4.21. The fourth-order valence-electron chi connectivity index (χ4n) is 2.71. The molecule has 7 nitrogen and oxygen atoms in total. The average molecular weight is 444 g/mol. The minimum atomic E-state index is -0.319. The highest BCUT2D eigenvalue weighted by Crippen LogP contribution is 2.24. The first-order valence-corrected chi connectivity index (χ1v) is 10.8. The monoisotopic (exact) mass is 443 g/mol. The molecular weight excluding hydrogens is 422 g/mol. The number of carbonyl (C=O) groups excluding carboxylic acids is 2. The molecule has 2 amide bonds. The van der Waals surface area contributed by atoms with Crippen LogP contribution < -0.4 is 10.6 Å². The van der Waals surface area contributed by atoms with Gasteiger partial charge in [0.05, 0.1) is 28.5 Å². The van der Waals surface area contributed by atoms with Crippen LogP contribution in [0.1, 0.15) is 6.92 Å². The van der Waals surface area contributed by atoms with Crippen LogP contribution in [0.3, 0.4) is 0 Å². The summed E-state index contributed by atoms with van der Waals surface area (Å²) in [6, 6.07) is 14.7. The molecule has 0 bridgehead atoms. The Labute approximate surface area is 184 Å². The predicted molar refractivity (Wildman–Crippen MR) is 122 cm³/mol. The van der Waals surface area contributed by atoms with Gasteiger partial charge in [-0.25, -0.2) is 9.97 Å². The zero-order valence-corrected chi connectivity index (χ0v) is 18.3. The average Bonchev–Trinajstić information content (AvgIpc) is 2.73. The molecule has 0 radical (unpaired) electrons. The van der Waals surface area contributed by atoms with Crippen molar-refractivity contribution in [1.82, 2.24) is 14.9 Å². The second-order valence-corrected chi connectivity index (χ2v) is 7.82. The molecule has 0 aliphatic carbocycles. The van der Waals surface area contributed by atoms with Gasteiger partial charge in [0.15, 0.2) is 5.16 Å². The molecule has 3 aromatic rings. The van der Waals surface area contributed by atoms with Crippen LogP contribution in [0.2, 0.25) is 5.02 Å². The lowest BCUT2D eigenvalue weighted by Crippen LogP contribution is -2.36. The molecule has 1 aromatic heterocycles. The summed E-state index contributed by atoms with van der Waals surface area (Å²) in [6.07, 6.45) is 0. The van der Waals surface area contributed by atoms with E-state index >= 15 is 0 Å². The number of thioether (sulfide) groups is 1. The molecule has 0 spiro atoms. The van der Waals surface area contributed by atoms with Gasteiger partial charge < -0.3 is 15.5 Å². The molecule has 156 valence electrons. The number of benzene rings is 2. The normalized spacial score (nSPS) is 10.6. The second kappa shape index (κ2) is 10.3. The molecule has 0 atom stereocenters. The van der Waals surface area contributed by atoms with Crippen LogP contribution in [0.25, 0.3) is 10.9 Å². The van der Waals surface area contributed by atoms with Crippen LogP contribution in [0.5, 0.6) is 0 Å². The Morgan fingerprint density at radius 2 is 1.83 bits per heavy atom. The molecule has 9 heteroatoms. The van der Waals surface area contributed by atoms with Crippen molar-refractivity contribution in [2.75, 3.05) is 36.5 Å². The van der Waals surface area contributed by atoms with Gasteiger partial charge in [-0.3, -0.25) is 9.59 Å². The number of halogens is 1. The fraction of sp³-hybridized carbons (Fsp3) is 0.238. The molecule has 0 saturated carbocycles. The number of para-hydroxylation sites is 2. The number of hydrogen-bond acceptors (Lipinski definition) is 6. The Kier molecular flexibility index (Phi) is 7.48. The highest BCUT2D eigenvalue weighted by Gasteiger charge is 2.16. The van der Waals surface area contributed by atoms with Crippen LogP contribution in [0.15, 0.2) is 53.7 Å². The van der Waals surface area contributed by atoms with Gasteiger partial charge in [-0.15, -0.1) is 0 Å². The van der Waals surface area contributed by atoms with Crippen molar-refractivity contribution in [3.05, 3.63) is 53.6 Å². The quantitative estimate of drug-likeness (QED) is 0.405. The van der Waals surface area contributed by atoms with E-state index in [1.54, 1.807) is 31.3 Å². The zero-order chi connectivity index (χ0) is 21.5. The first-order valence-electron chi connectivity index (χ1n) is 9.39. The first-order chi connectivity index (χ1) is 14.5. The maximum Gasteiger partial charge on any atom is 0.244 e. The van der Waals surface area contributed by atoms with Gasteiger partial charge in [-0.1, -0.05) is 47.6 Å². The van der Waals surface area contributed by atoms with Crippen LogP contribution in [0, 0.1) is 0 Å². The second-order valence-electron chi connectivity index (χ2n) is 6.47. The van der Waals surface area contributed by atoms with Gasteiger partial charge in [0.1, 0.15) is 5.82 Å². The van der Waals surface area contributed by atoms with E-state index in [0.717, 1.165) is 23.3 Å². The van der Waals surface area contributed by atoms with E-state index in [9.17, 15) is 9.59 Å². The van der Waals surface area contributed by atoms with Crippen molar-refractivity contribution in [3.8, 4) is 0 Å². The standard InChI is InChI=1S/C21H22ClN5O2S/c1-3-23-20-14-8-4-6-10-16(14)25-21(26-20)30-13-19(29)27(2)12-18(28)24-17-11-7-5-9-15(17)22/h4-11H,3,12-13H2,1-2H3,(H,24,28)(H,23,25,26). The van der Waals surface area contributed by atoms with E-state index in [1.165, 1.54) is 16.7 Å². The number of rotatable bonds is 8. The largest absolute Gasteiger partial charge is 0.370 e. The summed E-state index contributed by atoms with van der Waals surface area (Å²) in [7, 11) is 1.58. The zero-order valence-electron chi connectivity index (χ0n) is 16.7. The topological polar surface area (TPSA) is 87.2 Å². The summed E-state index contributed by atoms with van der Waals surface area (Å²) in [4.78, 5) is 35.1. The van der Waals surface area contributed by atoms with Crippen LogP contribution in [-0.2, 0) is 9.59 Å². The fourth-order valence-corrected chi connectivity index (χ4v) is 3.69. The van der Waals surface area contributed by atoms with Crippen LogP contribution in [0.4, 0.5) is 11.5 Å². The lowest BCUT2D eigenvalue weighted by Gasteiger charge is -2.17. The predicted octanol–water partition coefficient (Wildman–Crippen LogP) is 3.90. The number of nitrogens with one attached hydrogen (secondary N) is 2. The number of amides is 2. The molecule has 0 saturated heterocycles. The summed E-state index contributed by atoms with van der Waals surface area (Å²) in [5.41, 5.74) is 1.32. The minimum absolute atomic E-state index is 0.0775. The van der Waals surface area contributed by atoms with Crippen molar-refractivity contribution in [2.24, 2.45) is 0 Å². The van der Waals surface area contributed by atoms with Crippen molar-refractivity contribution >= 4 is 57.6 Å². The van der Waals surface area contributed by atoms with Gasteiger partial charge in [-0.2, -0.15) is 0 Å². The van der Waals surface area contributed by atoms with Crippen LogP contribution in [-0.4, -0.2) is 52.6 Å². The number of anilines is 2. The molecular formula is C21H22ClN5O2S. The smallest absolute Gasteiger partial charge is 0.244 e. The number of fused-ring (bicyclic) bond motifs is 1. The summed E-state index contributed by atoms with van der Waals surface area (Å²) >= 11 is 7.28. The highest BCUT2D eigenvalue weighted by atomic mass is 35.5. The third kappa shape index (κ3) is 5.61. The van der Waals surface area contributed by atoms with Crippen molar-refractivity contribution in [1.29, 1.82) is 0 Å². The Balaban J connectivity index is 1.59. The van der Waals surface area contributed by atoms with Gasteiger partial charge in [-0.05, 0) is 31.2 Å². The molecule has 0 aliphatic heterocycles. The van der Waals surface area contributed by atoms with Crippen LogP contribution >= 0.6 is 23.4 Å². The number of carbonyl (C=O) groups is 2. The Hall–Kier alpha value is -2.84. The molecule has 0 unspecified atom stereocenters. The van der Waals surface area contributed by atoms with E-state index in [-0.39, 0.29) is 24.1 Å². The molecule has 30 heavy (non-hydrogen) atoms. The van der Waals surface area contributed by atoms with E-state index in [4.69, 9.17) is 11.6 Å². The lowest BCUT2D eigenvalue weighted by molar-refractivity contribution is -0.131. The Morgan fingerprint density at radius 3 is 2.60 bits per heavy atom. The van der Waals surface area contributed by atoms with Gasteiger partial charge in [0, 0.05) is 19.0 Å². The maximum absolute atomic E-state index is 12.5. The number of nitrogens with zero attached hydrogens (tertiary/aromatic N) is 3. The minimum Gasteiger partial charge on any atom is -0.370 e. The summed E-state index contributed by atoms with van der Waals surface area (Å²) in [6.45, 7) is 2.65. The van der Waals surface area contributed by atoms with Gasteiger partial charge in [0.25, 0.3) is 0 Å². The molecule has 2 N–H and O–H groups in total. The molecule has 3 rings (SSSR count). The lowest BCUT2D eigenvalue weighted by atomic mass is 10.2. The van der Waals surface area contributed by atoms with E-state index < -0.39 is 0 Å². The SMILES string of the molecule is CCNc1nc(SCC(=O)N(C)CC(=O)Nc2ccccc2Cl)nc2ccccc12. The molecule has 0 fully saturated rings. The van der Waals surface area contributed by atoms with Crippen molar-refractivity contribution < 1.29 is 9.59 Å². The Morgan fingerprint density at radius 1 is 1.10 bits per heavy atom. The van der Waals surface area contributed by atoms with E-state index in [0.29, 0.717) is 15.9 Å². The number of hydrogen-bond donors (Lipinski definition) is 2. The van der Waals surface area contributed by atoms with Gasteiger partial charge in [0.2, 0.25) is 11.8 Å². The summed E-state index contributed by atoms with van der Waals surface area (Å²) in [5.74, 6) is 0.349. The van der Waals surface area contributed by atoms with E-state index in [1.807, 2.05) is 31.2 Å². The van der Waals surface area contributed by atoms with Crippen molar-refractivity contribution in [2.45, 2.75) is 12.1 Å². The first kappa shape index (κ1) is 21.9. The maximum atomic E-state index is 12.5. The van der Waals surface area contributed by atoms with Gasteiger partial charge >= 0.3 is 0 Å². The highest BCUT2D eigenvalue weighted by molar-refractivity contribution is 7.99. The Bertz CT molecular complexity index is 1060. The molecule has 1 heterocycles. The summed E-state index contributed by atoms with van der Waals surface area (Å²) in [5, 5.41) is 7.82. The number of likely N-dealkylation sites (N-methyl/N-ethyl adjacent to an activating group) is 1. The summed E-state index contributed by atoms with van der Waals surface area (Å²) < 4.78 is 0. The molecule has 2 aromatic carbocycles. The third-order valence-corrected chi connectivity index (χ3v) is 5.37. The number of aromatic nitrogens is 2. The van der Waals surface area contributed by atoms with Crippen molar-refractivity contribution in [3.63, 3.8) is 0 Å². The molecule has 0 aliphatic rings.